The van der Waals surface area contributed by atoms with Crippen LogP contribution in [0.5, 0.6) is 0 Å². The number of non-ortho nitro benzene ring substituents is 1. The third-order valence-electron chi connectivity index (χ3n) is 4.63. The van der Waals surface area contributed by atoms with Crippen molar-refractivity contribution < 1.29 is 19.3 Å². The van der Waals surface area contributed by atoms with Crippen LogP contribution in [0.2, 0.25) is 0 Å². The molecule has 0 radical (unpaired) electrons. The molecule has 3 amide bonds. The number of nitro groups is 1. The van der Waals surface area contributed by atoms with Crippen LogP contribution in [0.4, 0.5) is 5.69 Å². The van der Waals surface area contributed by atoms with Crippen LogP contribution < -0.4 is 10.9 Å². The fourth-order valence-electron chi connectivity index (χ4n) is 2.92. The maximum absolute atomic E-state index is 12.5. The van der Waals surface area contributed by atoms with Crippen molar-refractivity contribution in [2.75, 3.05) is 6.54 Å². The normalized spacial score (nSPS) is 14.5. The van der Waals surface area contributed by atoms with Gasteiger partial charge in [-0.05, 0) is 42.5 Å². The first-order chi connectivity index (χ1) is 15.8. The number of amides is 3. The number of nitro benzene ring substituents is 1. The molecule has 1 aromatic heterocycles. The molecule has 1 fully saturated rings. The van der Waals surface area contributed by atoms with E-state index in [0.717, 1.165) is 4.88 Å². The van der Waals surface area contributed by atoms with Gasteiger partial charge in [0.2, 0.25) is 5.91 Å². The molecule has 1 saturated heterocycles. The average Bonchev–Trinajstić information content (AvgIpc) is 3.40. The van der Waals surface area contributed by atoms with Gasteiger partial charge in [0.05, 0.1) is 9.83 Å². The Balaban J connectivity index is 1.33. The Bertz CT molecular complexity index is 1080. The molecule has 0 saturated carbocycles. The molecule has 9 nitrogen and oxygen atoms in total. The van der Waals surface area contributed by atoms with Crippen LogP contribution in [0, 0.1) is 10.1 Å². The summed E-state index contributed by atoms with van der Waals surface area (Å²) in [5, 5.41) is 12.6. The number of hydrogen-bond donors (Lipinski definition) is 2. The lowest BCUT2D eigenvalue weighted by Crippen LogP contribution is -2.41. The lowest BCUT2D eigenvalue weighted by atomic mass is 10.2. The Hall–Kier alpha value is -3.09. The van der Waals surface area contributed by atoms with E-state index in [1.165, 1.54) is 36.0 Å². The van der Waals surface area contributed by atoms with Gasteiger partial charge in [-0.25, -0.2) is 0 Å². The summed E-state index contributed by atoms with van der Waals surface area (Å²) in [6.07, 6.45) is 4.04. The minimum Gasteiger partial charge on any atom is -0.293 e. The van der Waals surface area contributed by atoms with E-state index in [9.17, 15) is 24.5 Å². The van der Waals surface area contributed by atoms with Gasteiger partial charge in [0.15, 0.2) is 0 Å². The Morgan fingerprint density at radius 2 is 1.88 bits per heavy atom. The zero-order valence-electron chi connectivity index (χ0n) is 17.3. The number of benzene rings is 1. The van der Waals surface area contributed by atoms with Gasteiger partial charge in [-0.15, -0.1) is 11.3 Å². The number of carbonyl (C=O) groups is 3. The van der Waals surface area contributed by atoms with Crippen molar-refractivity contribution in [1.29, 1.82) is 0 Å². The number of thioether (sulfide) groups is 1. The van der Waals surface area contributed by atoms with E-state index in [4.69, 9.17) is 12.2 Å². The zero-order valence-corrected chi connectivity index (χ0v) is 19.8. The second-order valence-electron chi connectivity index (χ2n) is 6.97. The Morgan fingerprint density at radius 1 is 1.12 bits per heavy atom. The Kier molecular flexibility index (Phi) is 8.69. The molecule has 12 heteroatoms. The second-order valence-corrected chi connectivity index (χ2v) is 9.62. The molecule has 0 spiro atoms. The molecule has 0 atom stereocenters. The van der Waals surface area contributed by atoms with Gasteiger partial charge < -0.3 is 0 Å². The van der Waals surface area contributed by atoms with Gasteiger partial charge in [-0.1, -0.05) is 36.5 Å². The molecule has 1 aliphatic rings. The number of nitrogens with one attached hydrogen (secondary N) is 2. The molecule has 2 aromatic rings. The Morgan fingerprint density at radius 3 is 2.55 bits per heavy atom. The maximum Gasteiger partial charge on any atom is 0.269 e. The van der Waals surface area contributed by atoms with Crippen LogP contribution in [0.3, 0.4) is 0 Å². The molecular formula is C21H20N4O5S3. The predicted molar refractivity (Wildman–Crippen MR) is 131 cm³/mol. The molecule has 1 aromatic carbocycles. The van der Waals surface area contributed by atoms with Gasteiger partial charge in [0.1, 0.15) is 4.32 Å². The van der Waals surface area contributed by atoms with E-state index in [1.807, 2.05) is 23.6 Å². The van der Waals surface area contributed by atoms with Gasteiger partial charge >= 0.3 is 0 Å². The largest absolute Gasteiger partial charge is 0.293 e. The second kappa shape index (κ2) is 11.7. The molecule has 1 aliphatic heterocycles. The monoisotopic (exact) mass is 504 g/mol. The minimum absolute atomic E-state index is 0.0925. The van der Waals surface area contributed by atoms with E-state index in [1.54, 1.807) is 16.2 Å². The summed E-state index contributed by atoms with van der Waals surface area (Å²) < 4.78 is 0.537. The molecule has 33 heavy (non-hydrogen) atoms. The molecule has 0 bridgehead atoms. The molecule has 172 valence electrons. The average molecular weight is 505 g/mol. The van der Waals surface area contributed by atoms with Gasteiger partial charge in [-0.3, -0.25) is 40.2 Å². The van der Waals surface area contributed by atoms with E-state index in [0.29, 0.717) is 35.0 Å². The lowest BCUT2D eigenvalue weighted by Gasteiger charge is -2.14. The summed E-state index contributed by atoms with van der Waals surface area (Å²) in [6.45, 7) is 0.491. The van der Waals surface area contributed by atoms with E-state index in [2.05, 4.69) is 10.9 Å². The summed E-state index contributed by atoms with van der Waals surface area (Å²) in [5.74, 6) is -1.01. The van der Waals surface area contributed by atoms with Crippen molar-refractivity contribution in [1.82, 2.24) is 15.8 Å². The van der Waals surface area contributed by atoms with Crippen LogP contribution >= 0.6 is 35.3 Å². The number of hydrazine groups is 1. The predicted octanol–water partition coefficient (Wildman–Crippen LogP) is 3.88. The van der Waals surface area contributed by atoms with E-state index >= 15 is 0 Å². The third kappa shape index (κ3) is 6.94. The smallest absolute Gasteiger partial charge is 0.269 e. The molecule has 2 heterocycles. The number of nitrogens with zero attached hydrogens (tertiary/aromatic N) is 2. The number of thiocarbonyl (C=S) groups is 1. The summed E-state index contributed by atoms with van der Waals surface area (Å²) >= 11 is 8.17. The number of unbranched alkanes of at least 4 members (excludes halogenated alkanes) is 2. The molecule has 0 aliphatic carbocycles. The van der Waals surface area contributed by atoms with E-state index < -0.39 is 10.8 Å². The van der Waals surface area contributed by atoms with Crippen molar-refractivity contribution in [3.05, 3.63) is 67.2 Å². The van der Waals surface area contributed by atoms with Crippen molar-refractivity contribution >= 4 is 69.1 Å². The molecule has 3 rings (SSSR count). The SMILES string of the molecule is O=C(CCCCCN1C(=O)/C(=C/c2cccs2)SC1=S)NNC(=O)c1ccc([N+](=O)[O-])cc1. The molecule has 0 unspecified atom stereocenters. The molecular weight excluding hydrogens is 484 g/mol. The van der Waals surface area contributed by atoms with Crippen molar-refractivity contribution in [3.63, 3.8) is 0 Å². The van der Waals surface area contributed by atoms with Gasteiger partial charge in [0, 0.05) is 35.5 Å². The van der Waals surface area contributed by atoms with Gasteiger partial charge in [-0.2, -0.15) is 0 Å². The summed E-state index contributed by atoms with van der Waals surface area (Å²) in [6, 6.07) is 8.91. The first kappa shape index (κ1) is 24.6. The van der Waals surface area contributed by atoms with Crippen LogP contribution in [-0.2, 0) is 9.59 Å². The lowest BCUT2D eigenvalue weighted by molar-refractivity contribution is -0.384. The van der Waals surface area contributed by atoms with Crippen molar-refractivity contribution in [3.8, 4) is 0 Å². The van der Waals surface area contributed by atoms with Gasteiger partial charge in [0.25, 0.3) is 17.5 Å². The first-order valence-electron chi connectivity index (χ1n) is 9.97. The van der Waals surface area contributed by atoms with Crippen LogP contribution in [-0.4, -0.2) is 38.4 Å². The van der Waals surface area contributed by atoms with E-state index in [-0.39, 0.29) is 29.5 Å². The number of carbonyl (C=O) groups excluding carboxylic acids is 3. The van der Waals surface area contributed by atoms with Crippen molar-refractivity contribution in [2.45, 2.75) is 25.7 Å². The minimum atomic E-state index is -0.566. The van der Waals surface area contributed by atoms with Crippen molar-refractivity contribution in [2.24, 2.45) is 0 Å². The fraction of sp³-hybridized carbons (Fsp3) is 0.238. The first-order valence-corrected chi connectivity index (χ1v) is 12.1. The number of rotatable bonds is 9. The highest BCUT2D eigenvalue weighted by Gasteiger charge is 2.31. The highest BCUT2D eigenvalue weighted by molar-refractivity contribution is 8.26. The van der Waals surface area contributed by atoms with Crippen LogP contribution in [0.15, 0.2) is 46.7 Å². The molecule has 2 N–H and O–H groups in total. The zero-order chi connectivity index (χ0) is 23.8. The fourth-order valence-corrected chi connectivity index (χ4v) is 4.95. The summed E-state index contributed by atoms with van der Waals surface area (Å²) in [4.78, 5) is 49.8. The number of hydrogen-bond acceptors (Lipinski definition) is 8. The third-order valence-corrected chi connectivity index (χ3v) is 6.83. The topological polar surface area (TPSA) is 122 Å². The summed E-state index contributed by atoms with van der Waals surface area (Å²) in [5.41, 5.74) is 4.67. The highest BCUT2D eigenvalue weighted by atomic mass is 32.2. The standard InChI is InChI=1S/C21H20N4O5S3/c26-18(22-23-19(27)14-7-9-15(10-8-14)25(29)30)6-2-1-3-11-24-20(28)17(33-21(24)31)13-16-5-4-12-32-16/h4-5,7-10,12-13H,1-3,6,11H2,(H,22,26)(H,23,27)/b17-13-. The Labute approximate surface area is 203 Å². The van der Waals surface area contributed by atoms with Crippen LogP contribution in [0.25, 0.3) is 6.08 Å². The highest BCUT2D eigenvalue weighted by Crippen LogP contribution is 2.33. The summed E-state index contributed by atoms with van der Waals surface area (Å²) in [7, 11) is 0. The maximum atomic E-state index is 12.5. The van der Waals surface area contributed by atoms with Crippen LogP contribution in [0.1, 0.15) is 40.9 Å². The number of thiophene rings is 1. The quantitative estimate of drug-likeness (QED) is 0.175.